The molecule has 1 atom stereocenters. The fourth-order valence-corrected chi connectivity index (χ4v) is 4.56. The number of ether oxygens (including phenoxy) is 1. The minimum Gasteiger partial charge on any atom is -0.464 e. The molecule has 0 unspecified atom stereocenters. The van der Waals surface area contributed by atoms with E-state index in [1.165, 1.54) is 18.3 Å². The number of carbonyl (C=O) groups excluding carboxylic acids is 3. The molecule has 0 bridgehead atoms. The van der Waals surface area contributed by atoms with Crippen molar-refractivity contribution >= 4 is 23.5 Å². The normalized spacial score (nSPS) is 21.2. The molecular weight excluding hydrogens is 396 g/mol. The average molecular weight is 425 g/mol. The quantitative estimate of drug-likeness (QED) is 0.762. The van der Waals surface area contributed by atoms with Gasteiger partial charge in [-0.2, -0.15) is 0 Å². The second-order valence-electron chi connectivity index (χ2n) is 8.70. The lowest BCUT2D eigenvalue weighted by Gasteiger charge is -2.44. The molecule has 0 radical (unpaired) electrons. The van der Waals surface area contributed by atoms with Crippen molar-refractivity contribution in [3.05, 3.63) is 47.0 Å². The second-order valence-corrected chi connectivity index (χ2v) is 8.70. The van der Waals surface area contributed by atoms with Crippen LogP contribution in [0.1, 0.15) is 64.7 Å². The molecule has 2 aromatic rings. The van der Waals surface area contributed by atoms with E-state index in [4.69, 9.17) is 4.74 Å². The van der Waals surface area contributed by atoms with Crippen LogP contribution < -0.4 is 10.2 Å². The maximum atomic E-state index is 13.8. The average Bonchev–Trinajstić information content (AvgIpc) is 3.39. The van der Waals surface area contributed by atoms with Crippen LogP contribution in [-0.2, 0) is 16.1 Å². The van der Waals surface area contributed by atoms with E-state index < -0.39 is 17.4 Å². The van der Waals surface area contributed by atoms with E-state index in [1.54, 1.807) is 11.5 Å². The summed E-state index contributed by atoms with van der Waals surface area (Å²) in [5, 5.41) is 3.15. The molecule has 2 aliphatic rings. The molecular formula is C23H28N4O4. The molecule has 1 aliphatic heterocycles. The summed E-state index contributed by atoms with van der Waals surface area (Å²) in [4.78, 5) is 45.1. The van der Waals surface area contributed by atoms with Crippen LogP contribution in [0.5, 0.6) is 0 Å². The number of aryl methyl sites for hydroxylation is 2. The summed E-state index contributed by atoms with van der Waals surface area (Å²) < 4.78 is 6.39. The number of benzene rings is 1. The molecule has 1 fully saturated rings. The molecule has 164 valence electrons. The third-order valence-corrected chi connectivity index (χ3v) is 6.52. The first kappa shape index (κ1) is 21.1. The lowest BCUT2D eigenvalue weighted by Crippen LogP contribution is -2.65. The van der Waals surface area contributed by atoms with Crippen LogP contribution in [0.4, 0.5) is 5.69 Å². The highest BCUT2D eigenvalue weighted by Crippen LogP contribution is 2.35. The number of hydrogen-bond acceptors (Lipinski definition) is 5. The highest BCUT2D eigenvalue weighted by atomic mass is 16.5. The maximum Gasteiger partial charge on any atom is 0.359 e. The van der Waals surface area contributed by atoms with Gasteiger partial charge in [0, 0.05) is 11.7 Å². The molecule has 8 heteroatoms. The zero-order valence-electron chi connectivity index (χ0n) is 18.4. The number of amides is 2. The summed E-state index contributed by atoms with van der Waals surface area (Å²) in [7, 11) is 1.25. The van der Waals surface area contributed by atoms with Crippen molar-refractivity contribution < 1.29 is 19.1 Å². The number of methoxy groups -OCH3 is 1. The van der Waals surface area contributed by atoms with Crippen molar-refractivity contribution in [1.82, 2.24) is 14.9 Å². The lowest BCUT2D eigenvalue weighted by atomic mass is 9.92. The van der Waals surface area contributed by atoms with Crippen LogP contribution in [0.2, 0.25) is 0 Å². The molecule has 0 saturated heterocycles. The van der Waals surface area contributed by atoms with Crippen LogP contribution >= 0.6 is 0 Å². The number of aromatic nitrogens is 2. The predicted octanol–water partition coefficient (Wildman–Crippen LogP) is 2.76. The zero-order valence-corrected chi connectivity index (χ0v) is 18.4. The van der Waals surface area contributed by atoms with E-state index in [0.717, 1.165) is 36.8 Å². The minimum absolute atomic E-state index is 0.0421. The van der Waals surface area contributed by atoms with Gasteiger partial charge in [-0.05, 0) is 56.9 Å². The highest BCUT2D eigenvalue weighted by Gasteiger charge is 2.50. The van der Waals surface area contributed by atoms with Crippen molar-refractivity contribution in [3.8, 4) is 0 Å². The third-order valence-electron chi connectivity index (χ3n) is 6.52. The van der Waals surface area contributed by atoms with Gasteiger partial charge in [-0.25, -0.2) is 9.78 Å². The number of rotatable bonds is 4. The van der Waals surface area contributed by atoms with Gasteiger partial charge in [-0.1, -0.05) is 18.9 Å². The van der Waals surface area contributed by atoms with Crippen molar-refractivity contribution in [3.63, 3.8) is 0 Å². The summed E-state index contributed by atoms with van der Waals surface area (Å²) in [6.45, 7) is 5.91. The van der Waals surface area contributed by atoms with E-state index in [2.05, 4.69) is 10.3 Å². The number of imidazole rings is 1. The van der Waals surface area contributed by atoms with Gasteiger partial charge in [0.15, 0.2) is 5.69 Å². The van der Waals surface area contributed by atoms with Gasteiger partial charge >= 0.3 is 5.97 Å². The van der Waals surface area contributed by atoms with Gasteiger partial charge in [-0.3, -0.25) is 14.5 Å². The SMILES string of the molecule is COC(=O)c1ncn2c1C(=O)N(c1ccc(C)c(C)c1)[C@](C)(C(=O)NC1CCCC1)C2. The Balaban J connectivity index is 1.82. The maximum absolute atomic E-state index is 13.8. The number of nitrogens with zero attached hydrogens (tertiary/aromatic N) is 3. The fourth-order valence-electron chi connectivity index (χ4n) is 4.56. The Kier molecular flexibility index (Phi) is 5.33. The first-order chi connectivity index (χ1) is 14.8. The van der Waals surface area contributed by atoms with Crippen LogP contribution in [-0.4, -0.2) is 46.0 Å². The van der Waals surface area contributed by atoms with Crippen molar-refractivity contribution in [2.75, 3.05) is 12.0 Å². The van der Waals surface area contributed by atoms with Crippen molar-refractivity contribution in [2.24, 2.45) is 0 Å². The van der Waals surface area contributed by atoms with Gasteiger partial charge in [0.05, 0.1) is 20.0 Å². The first-order valence-electron chi connectivity index (χ1n) is 10.6. The molecule has 1 aliphatic carbocycles. The Labute approximate surface area is 181 Å². The van der Waals surface area contributed by atoms with Gasteiger partial charge < -0.3 is 14.6 Å². The predicted molar refractivity (Wildman–Crippen MR) is 115 cm³/mol. The van der Waals surface area contributed by atoms with Gasteiger partial charge in [0.25, 0.3) is 5.91 Å². The largest absolute Gasteiger partial charge is 0.464 e. The summed E-state index contributed by atoms with van der Waals surface area (Å²) in [6.07, 6.45) is 5.51. The third kappa shape index (κ3) is 3.49. The number of nitrogens with one attached hydrogen (secondary N) is 1. The van der Waals surface area contributed by atoms with Gasteiger partial charge in [0.1, 0.15) is 11.2 Å². The van der Waals surface area contributed by atoms with Crippen molar-refractivity contribution in [2.45, 2.75) is 64.6 Å². The molecule has 2 heterocycles. The Hall–Kier alpha value is -3.16. The van der Waals surface area contributed by atoms with Gasteiger partial charge in [-0.15, -0.1) is 0 Å². The van der Waals surface area contributed by atoms with Crippen LogP contribution in [0.3, 0.4) is 0 Å². The summed E-state index contributed by atoms with van der Waals surface area (Å²) in [6, 6.07) is 5.79. The highest BCUT2D eigenvalue weighted by molar-refractivity contribution is 6.15. The van der Waals surface area contributed by atoms with Crippen LogP contribution in [0.25, 0.3) is 0 Å². The second kappa shape index (κ2) is 7.83. The first-order valence-corrected chi connectivity index (χ1v) is 10.6. The molecule has 0 spiro atoms. The number of carbonyl (C=O) groups is 3. The summed E-state index contributed by atoms with van der Waals surface area (Å²) >= 11 is 0. The number of anilines is 1. The number of fused-ring (bicyclic) bond motifs is 1. The van der Waals surface area contributed by atoms with E-state index in [1.807, 2.05) is 32.0 Å². The summed E-state index contributed by atoms with van der Waals surface area (Å²) in [5.41, 5.74) is 1.63. The number of esters is 1. The Morgan fingerprint density at radius 3 is 2.55 bits per heavy atom. The van der Waals surface area contributed by atoms with Crippen LogP contribution in [0.15, 0.2) is 24.5 Å². The molecule has 1 N–H and O–H groups in total. The summed E-state index contributed by atoms with van der Waals surface area (Å²) in [5.74, 6) is -1.33. The molecule has 1 saturated carbocycles. The van der Waals surface area contributed by atoms with E-state index in [-0.39, 0.29) is 29.9 Å². The standard InChI is InChI=1S/C23H28N4O4/c1-14-9-10-17(11-15(14)2)27-20(28)19-18(21(29)31-4)24-13-26(19)12-23(27,3)22(30)25-16-7-5-6-8-16/h9-11,13,16H,5-8,12H2,1-4H3,(H,25,30)/t23-/m0/s1. The molecule has 8 nitrogen and oxygen atoms in total. The zero-order chi connectivity index (χ0) is 22.3. The minimum atomic E-state index is -1.18. The Morgan fingerprint density at radius 2 is 1.90 bits per heavy atom. The fraction of sp³-hybridized carbons (Fsp3) is 0.478. The topological polar surface area (TPSA) is 93.5 Å². The lowest BCUT2D eigenvalue weighted by molar-refractivity contribution is -0.127. The molecule has 1 aromatic carbocycles. The smallest absolute Gasteiger partial charge is 0.359 e. The number of hydrogen-bond donors (Lipinski definition) is 1. The van der Waals surface area contributed by atoms with E-state index >= 15 is 0 Å². The molecule has 4 rings (SSSR count). The van der Waals surface area contributed by atoms with E-state index in [9.17, 15) is 14.4 Å². The molecule has 31 heavy (non-hydrogen) atoms. The molecule has 1 aromatic heterocycles. The molecule has 2 amide bonds. The van der Waals surface area contributed by atoms with E-state index in [0.29, 0.717) is 5.69 Å². The Bertz CT molecular complexity index is 1050. The van der Waals surface area contributed by atoms with Crippen molar-refractivity contribution in [1.29, 1.82) is 0 Å². The van der Waals surface area contributed by atoms with Gasteiger partial charge in [0.2, 0.25) is 5.91 Å². The monoisotopic (exact) mass is 424 g/mol. The van der Waals surface area contributed by atoms with Crippen LogP contribution in [0, 0.1) is 13.8 Å². The Morgan fingerprint density at radius 1 is 1.19 bits per heavy atom.